The summed E-state index contributed by atoms with van der Waals surface area (Å²) in [6.45, 7) is 0. The van der Waals surface area contributed by atoms with Crippen LogP contribution in [0.3, 0.4) is 0 Å². The highest BCUT2D eigenvalue weighted by Gasteiger charge is 2.14. The maximum absolute atomic E-state index is 6.04. The van der Waals surface area contributed by atoms with Crippen LogP contribution in [0.15, 0.2) is 41.3 Å². The van der Waals surface area contributed by atoms with Crippen molar-refractivity contribution in [3.8, 4) is 0 Å². The maximum atomic E-state index is 6.04. The van der Waals surface area contributed by atoms with Crippen LogP contribution in [-0.2, 0) is 9.47 Å². The summed E-state index contributed by atoms with van der Waals surface area (Å²) in [7, 11) is 3.08. The van der Waals surface area contributed by atoms with Crippen LogP contribution in [0.4, 0.5) is 5.69 Å². The van der Waals surface area contributed by atoms with Gasteiger partial charge in [0.1, 0.15) is 0 Å². The topological polar surface area (TPSA) is 58.1 Å². The number of hydrogen-bond acceptors (Lipinski definition) is 6. The Balaban J connectivity index is 2.14. The predicted molar refractivity (Wildman–Crippen MR) is 69.6 cm³/mol. The number of para-hydroxylation sites is 1. The fourth-order valence-electron chi connectivity index (χ4n) is 1.32. The number of nitrogens with one attached hydrogen (secondary N) is 2. The summed E-state index contributed by atoms with van der Waals surface area (Å²) in [5.74, 6) is 0.909. The van der Waals surface area contributed by atoms with E-state index in [9.17, 15) is 0 Å². The highest BCUT2D eigenvalue weighted by Crippen LogP contribution is 2.21. The zero-order valence-corrected chi connectivity index (χ0v) is 10.7. The summed E-state index contributed by atoms with van der Waals surface area (Å²) in [6.07, 6.45) is 1.63. The van der Waals surface area contributed by atoms with E-state index in [0.29, 0.717) is 22.5 Å². The monoisotopic (exact) mass is 268 g/mol. The molecule has 0 aliphatic carbocycles. The minimum absolute atomic E-state index is 0.408. The highest BCUT2D eigenvalue weighted by atomic mass is 35.5. The normalized spacial score (nSPS) is 14.3. The van der Waals surface area contributed by atoms with Gasteiger partial charge in [-0.05, 0) is 12.1 Å². The van der Waals surface area contributed by atoms with Crippen molar-refractivity contribution < 1.29 is 9.47 Å². The second-order valence-corrected chi connectivity index (χ2v) is 3.78. The van der Waals surface area contributed by atoms with Crippen LogP contribution in [0, 0.1) is 0 Å². The Morgan fingerprint density at radius 3 is 2.72 bits per heavy atom. The number of hydrazone groups is 1. The first-order chi connectivity index (χ1) is 8.72. The second-order valence-electron chi connectivity index (χ2n) is 3.37. The molecule has 0 spiro atoms. The molecule has 2 rings (SSSR count). The van der Waals surface area contributed by atoms with Crippen molar-refractivity contribution in [3.05, 3.63) is 41.2 Å². The average molecular weight is 269 g/mol. The molecule has 0 aromatic heterocycles. The Kier molecular flexibility index (Phi) is 3.78. The van der Waals surface area contributed by atoms with E-state index in [-0.39, 0.29) is 0 Å². The van der Waals surface area contributed by atoms with Crippen LogP contribution in [-0.4, -0.2) is 25.3 Å². The summed E-state index contributed by atoms with van der Waals surface area (Å²) < 4.78 is 10.2. The van der Waals surface area contributed by atoms with E-state index in [1.807, 2.05) is 18.2 Å². The third-order valence-corrected chi connectivity index (χ3v) is 2.53. The van der Waals surface area contributed by atoms with Gasteiger partial charge in [0.2, 0.25) is 11.8 Å². The fraction of sp³-hybridized carbons (Fsp3) is 0.182. The minimum Gasteiger partial charge on any atom is -0.481 e. The van der Waals surface area contributed by atoms with Gasteiger partial charge in [-0.3, -0.25) is 5.43 Å². The Labute approximate surface area is 110 Å². The molecule has 1 heterocycles. The first-order valence-electron chi connectivity index (χ1n) is 5.19. The van der Waals surface area contributed by atoms with Gasteiger partial charge in [0.25, 0.3) is 0 Å². The molecule has 1 aromatic rings. The second kappa shape index (κ2) is 5.50. The number of hydrogen-bond donors (Lipinski definition) is 2. The molecular formula is C11H13ClN4O2. The van der Waals surface area contributed by atoms with Crippen LogP contribution in [0.1, 0.15) is 0 Å². The van der Waals surface area contributed by atoms with Crippen LogP contribution in [0.25, 0.3) is 0 Å². The molecule has 1 aliphatic rings. The number of halogens is 1. The van der Waals surface area contributed by atoms with Gasteiger partial charge in [-0.15, -0.1) is 5.23 Å². The Morgan fingerprint density at radius 2 is 2.06 bits per heavy atom. The molecule has 7 heteroatoms. The zero-order chi connectivity index (χ0) is 13.0. The summed E-state index contributed by atoms with van der Waals surface area (Å²) in [4.78, 5) is 0. The average Bonchev–Trinajstić information content (AvgIpc) is 2.41. The highest BCUT2D eigenvalue weighted by molar-refractivity contribution is 6.33. The van der Waals surface area contributed by atoms with Gasteiger partial charge >= 0.3 is 0 Å². The quantitative estimate of drug-likeness (QED) is 0.877. The molecule has 1 aromatic carbocycles. The van der Waals surface area contributed by atoms with Gasteiger partial charge in [-0.2, -0.15) is 0 Å². The van der Waals surface area contributed by atoms with E-state index in [1.165, 1.54) is 12.3 Å². The van der Waals surface area contributed by atoms with Gasteiger partial charge < -0.3 is 9.47 Å². The van der Waals surface area contributed by atoms with E-state index in [1.54, 1.807) is 19.3 Å². The van der Waals surface area contributed by atoms with Crippen molar-refractivity contribution in [1.82, 2.24) is 10.7 Å². The predicted octanol–water partition coefficient (Wildman–Crippen LogP) is 1.93. The van der Waals surface area contributed by atoms with Crippen molar-refractivity contribution >= 4 is 23.2 Å². The number of rotatable bonds is 3. The minimum atomic E-state index is 0.408. The van der Waals surface area contributed by atoms with E-state index in [2.05, 4.69) is 16.0 Å². The number of hydrazine groups is 2. The van der Waals surface area contributed by atoms with Crippen molar-refractivity contribution in [2.45, 2.75) is 0 Å². The lowest BCUT2D eigenvalue weighted by Gasteiger charge is -2.26. The van der Waals surface area contributed by atoms with Crippen LogP contribution < -0.4 is 10.9 Å². The summed E-state index contributed by atoms with van der Waals surface area (Å²) in [5.41, 5.74) is 6.57. The maximum Gasteiger partial charge on any atom is 0.240 e. The number of anilines is 1. The standard InChI is InChI=1S/C11H13ClN4O2/c1-17-10-7-11(18-2)15-16(14-10)13-9-6-4-3-5-8(9)12/h3-7,13-14H,1-2H3. The molecule has 1 aliphatic heterocycles. The summed E-state index contributed by atoms with van der Waals surface area (Å²) in [5, 5.41) is 6.07. The molecule has 0 radical (unpaired) electrons. The van der Waals surface area contributed by atoms with Crippen LogP contribution in [0.2, 0.25) is 5.02 Å². The SMILES string of the molecule is COC1=CC(OC)=NN(Nc2ccccc2Cl)N1. The molecule has 18 heavy (non-hydrogen) atoms. The third-order valence-electron chi connectivity index (χ3n) is 2.20. The van der Waals surface area contributed by atoms with Crippen molar-refractivity contribution in [3.63, 3.8) is 0 Å². The molecule has 0 amide bonds. The molecule has 6 nitrogen and oxygen atoms in total. The first-order valence-corrected chi connectivity index (χ1v) is 5.57. The number of benzene rings is 1. The molecule has 0 saturated carbocycles. The molecule has 0 fully saturated rings. The van der Waals surface area contributed by atoms with Crippen LogP contribution in [0.5, 0.6) is 0 Å². The van der Waals surface area contributed by atoms with Gasteiger partial charge in [0.05, 0.1) is 31.0 Å². The Bertz CT molecular complexity index is 490. The Hall–Kier alpha value is -2.08. The molecular weight excluding hydrogens is 256 g/mol. The molecule has 0 bridgehead atoms. The van der Waals surface area contributed by atoms with E-state index in [4.69, 9.17) is 21.1 Å². The lowest BCUT2D eigenvalue weighted by molar-refractivity contribution is 0.157. The number of nitrogens with zero attached hydrogens (tertiary/aromatic N) is 2. The lowest BCUT2D eigenvalue weighted by atomic mass is 10.3. The zero-order valence-electron chi connectivity index (χ0n) is 9.98. The van der Waals surface area contributed by atoms with Gasteiger partial charge in [-0.25, -0.2) is 5.43 Å². The molecule has 96 valence electrons. The smallest absolute Gasteiger partial charge is 0.240 e. The van der Waals surface area contributed by atoms with Crippen molar-refractivity contribution in [2.24, 2.45) is 5.10 Å². The summed E-state index contributed by atoms with van der Waals surface area (Å²) in [6, 6.07) is 7.33. The Morgan fingerprint density at radius 1 is 1.28 bits per heavy atom. The lowest BCUT2D eigenvalue weighted by Crippen LogP contribution is -2.41. The van der Waals surface area contributed by atoms with Gasteiger partial charge in [0.15, 0.2) is 0 Å². The molecule has 2 N–H and O–H groups in total. The number of methoxy groups -OCH3 is 2. The first kappa shape index (κ1) is 12.4. The van der Waals surface area contributed by atoms with Crippen molar-refractivity contribution in [2.75, 3.05) is 19.6 Å². The number of ether oxygens (including phenoxy) is 2. The fourth-order valence-corrected chi connectivity index (χ4v) is 1.50. The molecule has 0 unspecified atom stereocenters. The van der Waals surface area contributed by atoms with E-state index < -0.39 is 0 Å². The molecule has 0 atom stereocenters. The van der Waals surface area contributed by atoms with E-state index in [0.717, 1.165) is 0 Å². The summed E-state index contributed by atoms with van der Waals surface area (Å²) >= 11 is 6.04. The van der Waals surface area contributed by atoms with Gasteiger partial charge in [0, 0.05) is 0 Å². The van der Waals surface area contributed by atoms with Gasteiger partial charge in [-0.1, -0.05) is 28.8 Å². The van der Waals surface area contributed by atoms with E-state index >= 15 is 0 Å². The van der Waals surface area contributed by atoms with Crippen molar-refractivity contribution in [1.29, 1.82) is 0 Å². The molecule has 0 saturated heterocycles. The largest absolute Gasteiger partial charge is 0.481 e. The van der Waals surface area contributed by atoms with Crippen LogP contribution >= 0.6 is 11.6 Å². The third kappa shape index (κ3) is 2.78.